The van der Waals surface area contributed by atoms with Crippen molar-refractivity contribution in [3.63, 3.8) is 0 Å². The van der Waals surface area contributed by atoms with Crippen molar-refractivity contribution < 1.29 is 15.0 Å². The summed E-state index contributed by atoms with van der Waals surface area (Å²) >= 11 is 0. The minimum atomic E-state index is -0.666. The molecular weight excluding hydrogens is 771 g/mol. The lowest BCUT2D eigenvalue weighted by Crippen LogP contribution is -2.45. The fraction of sp³-hybridized carbons (Fsp3) is 0.814. The minimum Gasteiger partial charge on any atom is -0.394 e. The molecule has 0 rings (SSSR count). The van der Waals surface area contributed by atoms with Crippen LogP contribution in [-0.4, -0.2) is 34.9 Å². The van der Waals surface area contributed by atoms with Gasteiger partial charge in [-0.1, -0.05) is 286 Å². The molecule has 63 heavy (non-hydrogen) atoms. The summed E-state index contributed by atoms with van der Waals surface area (Å²) in [4.78, 5) is 12.5. The Morgan fingerprint density at radius 3 is 1.05 bits per heavy atom. The fourth-order valence-electron chi connectivity index (χ4n) is 8.57. The highest BCUT2D eigenvalue weighted by Crippen LogP contribution is 2.17. The average molecular weight is 881 g/mol. The van der Waals surface area contributed by atoms with E-state index in [1.807, 2.05) is 0 Å². The van der Waals surface area contributed by atoms with Crippen LogP contribution >= 0.6 is 0 Å². The van der Waals surface area contributed by atoms with E-state index in [2.05, 4.69) is 79.9 Å². The van der Waals surface area contributed by atoms with Gasteiger partial charge in [0, 0.05) is 6.42 Å². The maximum Gasteiger partial charge on any atom is 0.220 e. The van der Waals surface area contributed by atoms with Gasteiger partial charge in [-0.2, -0.15) is 0 Å². The van der Waals surface area contributed by atoms with E-state index in [-0.39, 0.29) is 12.5 Å². The van der Waals surface area contributed by atoms with Gasteiger partial charge in [0.1, 0.15) is 0 Å². The van der Waals surface area contributed by atoms with E-state index >= 15 is 0 Å². The third-order valence-electron chi connectivity index (χ3n) is 12.8. The third kappa shape index (κ3) is 50.9. The molecule has 0 bridgehead atoms. The summed E-state index contributed by atoms with van der Waals surface area (Å²) in [5, 5.41) is 23.4. The molecule has 2 atom stereocenters. The van der Waals surface area contributed by atoms with Crippen molar-refractivity contribution in [1.82, 2.24) is 5.32 Å². The first-order valence-electron chi connectivity index (χ1n) is 28.0. The molecule has 3 N–H and O–H groups in total. The Kier molecular flexibility index (Phi) is 52.8. The average Bonchev–Trinajstić information content (AvgIpc) is 3.29. The number of amides is 1. The lowest BCUT2D eigenvalue weighted by molar-refractivity contribution is -0.123. The van der Waals surface area contributed by atoms with Crippen LogP contribution in [0.25, 0.3) is 0 Å². The van der Waals surface area contributed by atoms with Gasteiger partial charge in [-0.3, -0.25) is 4.79 Å². The standard InChI is InChI=1S/C59H109NO3/c1-3-5-7-9-11-13-15-17-19-21-23-25-27-29-31-32-34-36-38-40-42-44-46-48-50-52-54-58(62)57(56-61)60-59(63)55-53-51-49-47-45-43-41-39-37-35-33-30-28-26-24-22-20-18-16-14-12-10-8-6-4-2/h6,8,12,14,18,20,24,26,30,33,57-58,61-62H,3-5,7,9-11,13,15-17,19,21-23,25,27-29,31-32,34-56H2,1-2H3,(H,60,63)/b8-6-,14-12-,20-18-,26-24-,33-30-. The van der Waals surface area contributed by atoms with Gasteiger partial charge in [0.15, 0.2) is 0 Å². The highest BCUT2D eigenvalue weighted by atomic mass is 16.3. The van der Waals surface area contributed by atoms with E-state index in [9.17, 15) is 15.0 Å². The molecule has 0 spiro atoms. The van der Waals surface area contributed by atoms with Gasteiger partial charge in [0.25, 0.3) is 0 Å². The van der Waals surface area contributed by atoms with E-state index in [1.54, 1.807) is 0 Å². The molecule has 4 nitrogen and oxygen atoms in total. The van der Waals surface area contributed by atoms with E-state index in [0.29, 0.717) is 12.8 Å². The van der Waals surface area contributed by atoms with E-state index in [0.717, 1.165) is 57.8 Å². The summed E-state index contributed by atoms with van der Waals surface area (Å²) < 4.78 is 0. The van der Waals surface area contributed by atoms with Crippen LogP contribution in [0.5, 0.6) is 0 Å². The van der Waals surface area contributed by atoms with Gasteiger partial charge < -0.3 is 15.5 Å². The van der Waals surface area contributed by atoms with Crippen molar-refractivity contribution in [2.75, 3.05) is 6.61 Å². The van der Waals surface area contributed by atoms with Crippen molar-refractivity contribution in [1.29, 1.82) is 0 Å². The second-order valence-electron chi connectivity index (χ2n) is 19.0. The summed E-state index contributed by atoms with van der Waals surface area (Å²) in [6.45, 7) is 4.27. The number of aliphatic hydroxyl groups excluding tert-OH is 2. The number of carbonyl (C=O) groups is 1. The Morgan fingerprint density at radius 2 is 0.698 bits per heavy atom. The number of nitrogens with one attached hydrogen (secondary N) is 1. The molecule has 0 saturated heterocycles. The Bertz CT molecular complexity index is 1040. The third-order valence-corrected chi connectivity index (χ3v) is 12.8. The smallest absolute Gasteiger partial charge is 0.220 e. The molecule has 2 unspecified atom stereocenters. The number of hydrogen-bond donors (Lipinski definition) is 3. The second kappa shape index (κ2) is 54.4. The molecule has 0 aromatic heterocycles. The van der Waals surface area contributed by atoms with Gasteiger partial charge in [0.2, 0.25) is 5.91 Å². The predicted molar refractivity (Wildman–Crippen MR) is 281 cm³/mol. The van der Waals surface area contributed by atoms with Gasteiger partial charge >= 0.3 is 0 Å². The Hall–Kier alpha value is -1.91. The topological polar surface area (TPSA) is 69.6 Å². The number of unbranched alkanes of at least 4 members (excludes halogenated alkanes) is 34. The van der Waals surface area contributed by atoms with Crippen molar-refractivity contribution in [3.05, 3.63) is 60.8 Å². The maximum atomic E-state index is 12.5. The second-order valence-corrected chi connectivity index (χ2v) is 19.0. The maximum absolute atomic E-state index is 12.5. The highest BCUT2D eigenvalue weighted by Gasteiger charge is 2.20. The molecule has 368 valence electrons. The predicted octanol–water partition coefficient (Wildman–Crippen LogP) is 18.4. The van der Waals surface area contributed by atoms with Crippen LogP contribution in [0.4, 0.5) is 0 Å². The summed E-state index contributed by atoms with van der Waals surface area (Å²) in [6.07, 6.45) is 76.3. The molecular formula is C59H109NO3. The lowest BCUT2D eigenvalue weighted by Gasteiger charge is -2.22. The normalized spacial score (nSPS) is 13.3. The number of carbonyl (C=O) groups excluding carboxylic acids is 1. The van der Waals surface area contributed by atoms with Crippen LogP contribution in [0.2, 0.25) is 0 Å². The molecule has 0 heterocycles. The largest absolute Gasteiger partial charge is 0.394 e. The van der Waals surface area contributed by atoms with Crippen LogP contribution in [0, 0.1) is 0 Å². The van der Waals surface area contributed by atoms with Crippen LogP contribution in [0.1, 0.15) is 290 Å². The molecule has 0 aromatic carbocycles. The molecule has 0 fully saturated rings. The first kappa shape index (κ1) is 61.1. The van der Waals surface area contributed by atoms with Gasteiger partial charge in [-0.05, 0) is 57.8 Å². The van der Waals surface area contributed by atoms with Crippen LogP contribution < -0.4 is 5.32 Å². The zero-order chi connectivity index (χ0) is 45.6. The number of allylic oxidation sites excluding steroid dienone is 10. The van der Waals surface area contributed by atoms with Crippen molar-refractivity contribution in [3.8, 4) is 0 Å². The molecule has 0 aromatic rings. The first-order chi connectivity index (χ1) is 31.2. The van der Waals surface area contributed by atoms with Gasteiger partial charge in [-0.25, -0.2) is 0 Å². The number of hydrogen-bond acceptors (Lipinski definition) is 3. The molecule has 0 radical (unpaired) electrons. The van der Waals surface area contributed by atoms with E-state index in [4.69, 9.17) is 0 Å². The van der Waals surface area contributed by atoms with Crippen LogP contribution in [0.3, 0.4) is 0 Å². The zero-order valence-electron chi connectivity index (χ0n) is 42.3. The lowest BCUT2D eigenvalue weighted by atomic mass is 10.0. The zero-order valence-corrected chi connectivity index (χ0v) is 42.3. The van der Waals surface area contributed by atoms with Crippen molar-refractivity contribution >= 4 is 5.91 Å². The molecule has 0 aliphatic carbocycles. The number of aliphatic hydroxyl groups is 2. The summed E-state index contributed by atoms with van der Waals surface area (Å²) in [7, 11) is 0. The quantitative estimate of drug-likeness (QED) is 0.0421. The minimum absolute atomic E-state index is 0.0365. The Morgan fingerprint density at radius 1 is 0.397 bits per heavy atom. The molecule has 0 aliphatic heterocycles. The molecule has 0 saturated carbocycles. The first-order valence-corrected chi connectivity index (χ1v) is 28.0. The summed E-state index contributed by atoms with van der Waals surface area (Å²) in [5.41, 5.74) is 0. The summed E-state index contributed by atoms with van der Waals surface area (Å²) in [5.74, 6) is -0.0365. The molecule has 0 aliphatic rings. The van der Waals surface area contributed by atoms with E-state index in [1.165, 1.54) is 205 Å². The van der Waals surface area contributed by atoms with Crippen molar-refractivity contribution in [2.45, 2.75) is 302 Å². The van der Waals surface area contributed by atoms with Gasteiger partial charge in [-0.15, -0.1) is 0 Å². The Balaban J connectivity index is 3.49. The highest BCUT2D eigenvalue weighted by molar-refractivity contribution is 5.76. The summed E-state index contributed by atoms with van der Waals surface area (Å²) in [6, 6.07) is -0.544. The van der Waals surface area contributed by atoms with Crippen molar-refractivity contribution in [2.24, 2.45) is 0 Å². The molecule has 4 heteroatoms. The van der Waals surface area contributed by atoms with E-state index < -0.39 is 12.1 Å². The number of rotatable bonds is 51. The monoisotopic (exact) mass is 880 g/mol. The Labute approximate surface area is 394 Å². The van der Waals surface area contributed by atoms with Crippen LogP contribution in [0.15, 0.2) is 60.8 Å². The SMILES string of the molecule is CC/C=C\C/C=C\C/C=C\C/C=C\C/C=C\CCCCCCCCCCCC(=O)NC(CO)C(O)CCCCCCCCCCCCCCCCCCCCCCCCCCCC. The van der Waals surface area contributed by atoms with Crippen LogP contribution in [-0.2, 0) is 4.79 Å². The molecule has 1 amide bonds. The van der Waals surface area contributed by atoms with Gasteiger partial charge in [0.05, 0.1) is 18.8 Å². The fourth-order valence-corrected chi connectivity index (χ4v) is 8.57.